The average molecular weight is 271 g/mol. The summed E-state index contributed by atoms with van der Waals surface area (Å²) in [4.78, 5) is 2.47. The molecule has 1 fully saturated rings. The van der Waals surface area contributed by atoms with Crippen LogP contribution in [0.1, 0.15) is 38.2 Å². The fraction of sp³-hybridized carbons (Fsp3) is 0.556. The van der Waals surface area contributed by atoms with E-state index in [2.05, 4.69) is 54.9 Å². The molecule has 1 saturated heterocycles. The molecule has 0 atom stereocenters. The Labute approximate surface area is 123 Å². The molecule has 2 rings (SSSR count). The number of methoxy groups -OCH3 is 1. The Bertz CT molecular complexity index is 458. The van der Waals surface area contributed by atoms with Gasteiger partial charge in [-0.3, -0.25) is 4.90 Å². The first kappa shape index (κ1) is 14.9. The van der Waals surface area contributed by atoms with Gasteiger partial charge in [0.25, 0.3) is 0 Å². The highest BCUT2D eigenvalue weighted by molar-refractivity contribution is 5.29. The maximum Gasteiger partial charge on any atom is 0.118 e. The normalized spacial score (nSPS) is 16.8. The van der Waals surface area contributed by atoms with E-state index in [1.165, 1.54) is 18.4 Å². The Morgan fingerprint density at radius 1 is 1.20 bits per heavy atom. The highest BCUT2D eigenvalue weighted by Crippen LogP contribution is 2.28. The predicted octanol–water partition coefficient (Wildman–Crippen LogP) is 3.53. The summed E-state index contributed by atoms with van der Waals surface area (Å²) in [6.45, 7) is 7.52. The van der Waals surface area contributed by atoms with Crippen molar-refractivity contribution < 1.29 is 4.74 Å². The minimum absolute atomic E-state index is 0.479. The van der Waals surface area contributed by atoms with E-state index in [1.807, 2.05) is 0 Å². The van der Waals surface area contributed by atoms with Gasteiger partial charge in [0.05, 0.1) is 13.7 Å². The highest BCUT2D eigenvalue weighted by Gasteiger charge is 2.19. The van der Waals surface area contributed by atoms with E-state index in [0.29, 0.717) is 11.8 Å². The van der Waals surface area contributed by atoms with Crippen LogP contribution in [0.25, 0.3) is 0 Å². The molecule has 20 heavy (non-hydrogen) atoms. The summed E-state index contributed by atoms with van der Waals surface area (Å²) in [5.74, 6) is 8.63. The van der Waals surface area contributed by atoms with Crippen LogP contribution in [-0.4, -0.2) is 31.6 Å². The van der Waals surface area contributed by atoms with Gasteiger partial charge in [0.1, 0.15) is 5.75 Å². The molecule has 1 aliphatic rings. The van der Waals surface area contributed by atoms with Crippen molar-refractivity contribution in [3.8, 4) is 17.6 Å². The molecule has 1 heterocycles. The predicted molar refractivity (Wildman–Crippen MR) is 84.0 cm³/mol. The monoisotopic (exact) mass is 271 g/mol. The van der Waals surface area contributed by atoms with Crippen LogP contribution in [-0.2, 0) is 0 Å². The number of rotatable bonds is 3. The van der Waals surface area contributed by atoms with Gasteiger partial charge >= 0.3 is 0 Å². The first-order valence-electron chi connectivity index (χ1n) is 7.53. The third kappa shape index (κ3) is 4.28. The van der Waals surface area contributed by atoms with E-state index in [9.17, 15) is 0 Å². The molecule has 2 nitrogen and oxygen atoms in total. The van der Waals surface area contributed by atoms with Gasteiger partial charge in [0.2, 0.25) is 0 Å². The van der Waals surface area contributed by atoms with Gasteiger partial charge in [0.15, 0.2) is 0 Å². The van der Waals surface area contributed by atoms with E-state index >= 15 is 0 Å². The Morgan fingerprint density at radius 3 is 2.40 bits per heavy atom. The molecule has 1 aliphatic heterocycles. The zero-order chi connectivity index (χ0) is 14.4. The van der Waals surface area contributed by atoms with Crippen molar-refractivity contribution in [2.45, 2.75) is 32.6 Å². The summed E-state index contributed by atoms with van der Waals surface area (Å²) in [6.07, 6.45) is 2.46. The molecule has 0 aromatic heterocycles. The maximum atomic E-state index is 5.21. The van der Waals surface area contributed by atoms with Gasteiger partial charge < -0.3 is 4.74 Å². The number of piperidine rings is 1. The highest BCUT2D eigenvalue weighted by atomic mass is 16.5. The largest absolute Gasteiger partial charge is 0.497 e. The summed E-state index contributed by atoms with van der Waals surface area (Å²) >= 11 is 0. The Hall–Kier alpha value is -1.46. The molecule has 0 radical (unpaired) electrons. The van der Waals surface area contributed by atoms with Crippen molar-refractivity contribution >= 4 is 0 Å². The van der Waals surface area contributed by atoms with Gasteiger partial charge in [-0.25, -0.2) is 0 Å². The molecule has 1 aromatic carbocycles. The summed E-state index contributed by atoms with van der Waals surface area (Å²) in [6, 6.07) is 8.54. The average Bonchev–Trinajstić information content (AvgIpc) is 2.48. The van der Waals surface area contributed by atoms with Crippen LogP contribution in [0.5, 0.6) is 5.75 Å². The van der Waals surface area contributed by atoms with Crippen LogP contribution in [0.15, 0.2) is 24.3 Å². The third-order valence-electron chi connectivity index (χ3n) is 3.87. The topological polar surface area (TPSA) is 12.5 Å². The van der Waals surface area contributed by atoms with Crippen LogP contribution >= 0.6 is 0 Å². The molecule has 0 saturated carbocycles. The third-order valence-corrected chi connectivity index (χ3v) is 3.87. The molecule has 0 amide bonds. The van der Waals surface area contributed by atoms with E-state index in [1.54, 1.807) is 7.11 Å². The van der Waals surface area contributed by atoms with Crippen molar-refractivity contribution in [1.82, 2.24) is 4.90 Å². The van der Waals surface area contributed by atoms with E-state index in [0.717, 1.165) is 25.4 Å². The fourth-order valence-corrected chi connectivity index (χ4v) is 2.66. The molecule has 0 aliphatic carbocycles. The number of hydrogen-bond acceptors (Lipinski definition) is 2. The van der Waals surface area contributed by atoms with Gasteiger partial charge in [-0.1, -0.05) is 37.8 Å². The fourth-order valence-electron chi connectivity index (χ4n) is 2.66. The van der Waals surface area contributed by atoms with Crippen molar-refractivity contribution in [2.24, 2.45) is 5.92 Å². The summed E-state index contributed by atoms with van der Waals surface area (Å²) in [5.41, 5.74) is 1.44. The number of benzene rings is 1. The lowest BCUT2D eigenvalue weighted by Crippen LogP contribution is -2.33. The minimum atomic E-state index is 0.479. The lowest BCUT2D eigenvalue weighted by molar-refractivity contribution is 0.235. The van der Waals surface area contributed by atoms with Gasteiger partial charge in [-0.05, 0) is 49.5 Å². The molecule has 0 unspecified atom stereocenters. The first-order chi connectivity index (χ1) is 9.69. The number of nitrogens with zero attached hydrogens (tertiary/aromatic N) is 1. The lowest BCUT2D eigenvalue weighted by Gasteiger charge is -2.30. The summed E-state index contributed by atoms with van der Waals surface area (Å²) < 4.78 is 5.21. The van der Waals surface area contributed by atoms with Crippen molar-refractivity contribution in [1.29, 1.82) is 0 Å². The van der Waals surface area contributed by atoms with Crippen molar-refractivity contribution in [2.75, 3.05) is 26.7 Å². The number of ether oxygens (including phenoxy) is 1. The number of hydrogen-bond donors (Lipinski definition) is 0. The second-order valence-corrected chi connectivity index (χ2v) is 5.80. The van der Waals surface area contributed by atoms with Crippen LogP contribution in [0.2, 0.25) is 0 Å². The van der Waals surface area contributed by atoms with Crippen LogP contribution in [0.3, 0.4) is 0 Å². The molecule has 0 bridgehead atoms. The second-order valence-electron chi connectivity index (χ2n) is 5.80. The Balaban J connectivity index is 1.83. The molecule has 1 aromatic rings. The zero-order valence-corrected chi connectivity index (χ0v) is 12.9. The Kier molecular flexibility index (Phi) is 5.49. The van der Waals surface area contributed by atoms with Gasteiger partial charge in [0, 0.05) is 5.92 Å². The summed E-state index contributed by atoms with van der Waals surface area (Å²) in [5, 5.41) is 0. The number of likely N-dealkylation sites (tertiary alicyclic amines) is 1. The van der Waals surface area contributed by atoms with Crippen LogP contribution < -0.4 is 4.74 Å². The molecule has 0 N–H and O–H groups in total. The molecule has 0 spiro atoms. The van der Waals surface area contributed by atoms with E-state index < -0.39 is 0 Å². The SMILES string of the molecule is COc1ccc(C2CCN(CC#CC(C)C)CC2)cc1. The molecular formula is C18H25NO. The lowest BCUT2D eigenvalue weighted by atomic mass is 9.89. The second kappa shape index (κ2) is 7.36. The molecular weight excluding hydrogens is 246 g/mol. The molecule has 2 heteroatoms. The van der Waals surface area contributed by atoms with Gasteiger partial charge in [-0.15, -0.1) is 0 Å². The van der Waals surface area contributed by atoms with Crippen LogP contribution in [0.4, 0.5) is 0 Å². The van der Waals surface area contributed by atoms with E-state index in [-0.39, 0.29) is 0 Å². The van der Waals surface area contributed by atoms with Crippen molar-refractivity contribution in [3.05, 3.63) is 29.8 Å². The minimum Gasteiger partial charge on any atom is -0.497 e. The molecule has 108 valence electrons. The first-order valence-corrected chi connectivity index (χ1v) is 7.53. The van der Waals surface area contributed by atoms with Gasteiger partial charge in [-0.2, -0.15) is 0 Å². The Morgan fingerprint density at radius 2 is 1.85 bits per heavy atom. The smallest absolute Gasteiger partial charge is 0.118 e. The van der Waals surface area contributed by atoms with E-state index in [4.69, 9.17) is 4.74 Å². The summed E-state index contributed by atoms with van der Waals surface area (Å²) in [7, 11) is 1.71. The zero-order valence-electron chi connectivity index (χ0n) is 12.9. The van der Waals surface area contributed by atoms with Crippen LogP contribution in [0, 0.1) is 17.8 Å². The maximum absolute atomic E-state index is 5.21. The standard InChI is InChI=1S/C18H25NO/c1-15(2)5-4-12-19-13-10-17(11-14-19)16-6-8-18(20-3)9-7-16/h6-9,15,17H,10-14H2,1-3H3. The quantitative estimate of drug-likeness (QED) is 0.780. The van der Waals surface area contributed by atoms with Crippen molar-refractivity contribution in [3.63, 3.8) is 0 Å².